The number of hydrogen-bond donors (Lipinski definition) is 2. The second-order valence-electron chi connectivity index (χ2n) is 7.26. The molecule has 1 heterocycles. The summed E-state index contributed by atoms with van der Waals surface area (Å²) in [4.78, 5) is 4.59. The van der Waals surface area contributed by atoms with Crippen LogP contribution >= 0.6 is 0 Å². The van der Waals surface area contributed by atoms with Gasteiger partial charge in [-0.3, -0.25) is 0 Å². The molecule has 0 radical (unpaired) electrons. The maximum Gasteiger partial charge on any atom is 0.130 e. The monoisotopic (exact) mass is 348 g/mol. The first-order valence-corrected chi connectivity index (χ1v) is 9.36. The molecule has 3 N–H and O–H groups in total. The molecule has 0 unspecified atom stereocenters. The molecule has 0 amide bonds. The molecule has 26 heavy (non-hydrogen) atoms. The average Bonchev–Trinajstić information content (AvgIpc) is 2.66. The lowest BCUT2D eigenvalue weighted by molar-refractivity contribution is 0.321. The van der Waals surface area contributed by atoms with Crippen molar-refractivity contribution < 1.29 is 0 Å². The number of allylic oxidation sites excluding steroid dienone is 3. The van der Waals surface area contributed by atoms with Gasteiger partial charge in [0.25, 0.3) is 0 Å². The van der Waals surface area contributed by atoms with Crippen molar-refractivity contribution in [3.8, 4) is 0 Å². The Balaban J connectivity index is 1.82. The van der Waals surface area contributed by atoms with Gasteiger partial charge in [-0.15, -0.1) is 0 Å². The van der Waals surface area contributed by atoms with E-state index < -0.39 is 0 Å². The van der Waals surface area contributed by atoms with Gasteiger partial charge < -0.3 is 11.2 Å². The zero-order valence-electron chi connectivity index (χ0n) is 15.7. The van der Waals surface area contributed by atoms with Crippen LogP contribution in [-0.2, 0) is 0 Å². The molecule has 4 nitrogen and oxygen atoms in total. The van der Waals surface area contributed by atoms with Crippen LogP contribution in [0.25, 0.3) is 16.3 Å². The molecule has 136 valence electrons. The van der Waals surface area contributed by atoms with E-state index >= 15 is 0 Å². The average molecular weight is 348 g/mol. The van der Waals surface area contributed by atoms with E-state index in [1.54, 1.807) is 6.21 Å². The van der Waals surface area contributed by atoms with Crippen LogP contribution in [0.15, 0.2) is 53.9 Å². The SMILES string of the molecule is C=C(/C=N\N)c1ccc2cnc(N/C(=C/C)C3CCC(C)CC3)cc2c1. The van der Waals surface area contributed by atoms with E-state index in [4.69, 9.17) is 5.84 Å². The van der Waals surface area contributed by atoms with Gasteiger partial charge in [-0.05, 0) is 60.3 Å². The lowest BCUT2D eigenvalue weighted by atomic mass is 9.81. The first kappa shape index (κ1) is 18.2. The molecule has 0 saturated heterocycles. The number of benzene rings is 1. The Bertz CT molecular complexity index is 842. The highest BCUT2D eigenvalue weighted by Gasteiger charge is 2.21. The molecule has 0 aliphatic heterocycles. The van der Waals surface area contributed by atoms with Crippen molar-refractivity contribution in [2.45, 2.75) is 39.5 Å². The van der Waals surface area contributed by atoms with Gasteiger partial charge in [-0.1, -0.05) is 44.6 Å². The van der Waals surface area contributed by atoms with Crippen LogP contribution in [0.1, 0.15) is 45.1 Å². The highest BCUT2D eigenvalue weighted by atomic mass is 15.1. The number of nitrogens with zero attached hydrogens (tertiary/aromatic N) is 2. The number of pyridine rings is 1. The number of fused-ring (bicyclic) bond motifs is 1. The van der Waals surface area contributed by atoms with E-state index in [0.717, 1.165) is 33.6 Å². The summed E-state index contributed by atoms with van der Waals surface area (Å²) in [5.74, 6) is 7.59. The first-order valence-electron chi connectivity index (χ1n) is 9.36. The summed E-state index contributed by atoms with van der Waals surface area (Å²) < 4.78 is 0. The molecule has 1 aliphatic carbocycles. The Kier molecular flexibility index (Phi) is 5.71. The summed E-state index contributed by atoms with van der Waals surface area (Å²) in [5.41, 5.74) is 3.10. The summed E-state index contributed by atoms with van der Waals surface area (Å²) in [6, 6.07) is 8.27. The molecule has 2 aromatic rings. The number of hydrazone groups is 1. The largest absolute Gasteiger partial charge is 0.344 e. The van der Waals surface area contributed by atoms with Crippen LogP contribution in [-0.4, -0.2) is 11.2 Å². The molecule has 0 spiro atoms. The van der Waals surface area contributed by atoms with Gasteiger partial charge in [0.1, 0.15) is 5.82 Å². The zero-order chi connectivity index (χ0) is 18.5. The number of aromatic nitrogens is 1. The fourth-order valence-corrected chi connectivity index (χ4v) is 3.70. The van der Waals surface area contributed by atoms with Crippen molar-refractivity contribution in [3.63, 3.8) is 0 Å². The number of nitrogens with two attached hydrogens (primary N) is 1. The molecule has 0 atom stereocenters. The van der Waals surface area contributed by atoms with Gasteiger partial charge in [0.2, 0.25) is 0 Å². The van der Waals surface area contributed by atoms with Crippen molar-refractivity contribution in [3.05, 3.63) is 54.4 Å². The van der Waals surface area contributed by atoms with Crippen molar-refractivity contribution >= 4 is 28.4 Å². The Hall–Kier alpha value is -2.62. The normalized spacial score (nSPS) is 21.2. The third-order valence-electron chi connectivity index (χ3n) is 5.36. The molecule has 1 fully saturated rings. The van der Waals surface area contributed by atoms with Crippen LogP contribution in [0.4, 0.5) is 5.82 Å². The summed E-state index contributed by atoms with van der Waals surface area (Å²) in [6.07, 6.45) is 10.8. The van der Waals surface area contributed by atoms with Gasteiger partial charge in [0.15, 0.2) is 0 Å². The van der Waals surface area contributed by atoms with Crippen LogP contribution in [0.5, 0.6) is 0 Å². The Morgan fingerprint density at radius 3 is 2.69 bits per heavy atom. The molecule has 1 aliphatic rings. The fourth-order valence-electron chi connectivity index (χ4n) is 3.70. The molecule has 1 aromatic carbocycles. The second-order valence-corrected chi connectivity index (χ2v) is 7.26. The predicted molar refractivity (Wildman–Crippen MR) is 112 cm³/mol. The molecule has 3 rings (SSSR count). The third-order valence-corrected chi connectivity index (χ3v) is 5.36. The van der Waals surface area contributed by atoms with E-state index in [2.05, 4.69) is 60.1 Å². The minimum Gasteiger partial charge on any atom is -0.344 e. The van der Waals surface area contributed by atoms with Crippen molar-refractivity contribution in [1.29, 1.82) is 0 Å². The van der Waals surface area contributed by atoms with E-state index in [1.165, 1.54) is 31.4 Å². The molecular formula is C22H28N4. The van der Waals surface area contributed by atoms with Crippen LogP contribution in [0, 0.1) is 11.8 Å². The molecule has 1 saturated carbocycles. The van der Waals surface area contributed by atoms with Gasteiger partial charge >= 0.3 is 0 Å². The fraction of sp³-hybridized carbons (Fsp3) is 0.364. The first-order chi connectivity index (χ1) is 12.6. The second kappa shape index (κ2) is 8.17. The summed E-state index contributed by atoms with van der Waals surface area (Å²) in [5, 5.41) is 9.35. The lowest BCUT2D eigenvalue weighted by Crippen LogP contribution is -2.18. The molecule has 1 aromatic heterocycles. The van der Waals surface area contributed by atoms with Crippen LogP contribution < -0.4 is 11.2 Å². The molecule has 4 heteroatoms. The number of anilines is 1. The van der Waals surface area contributed by atoms with Crippen molar-refractivity contribution in [2.75, 3.05) is 5.32 Å². The number of hydrogen-bond acceptors (Lipinski definition) is 4. The highest BCUT2D eigenvalue weighted by Crippen LogP contribution is 2.33. The lowest BCUT2D eigenvalue weighted by Gasteiger charge is -2.28. The zero-order valence-corrected chi connectivity index (χ0v) is 15.7. The maximum absolute atomic E-state index is 5.24. The van der Waals surface area contributed by atoms with Gasteiger partial charge in [0, 0.05) is 17.3 Å². The van der Waals surface area contributed by atoms with E-state index in [9.17, 15) is 0 Å². The number of rotatable bonds is 5. The van der Waals surface area contributed by atoms with Crippen molar-refractivity contribution in [2.24, 2.45) is 22.8 Å². The number of nitrogens with one attached hydrogen (secondary N) is 1. The standard InChI is InChI=1S/C22H28N4/c1-4-21(17-7-5-15(2)6-8-17)26-22-12-20-11-18(16(3)13-25-23)9-10-19(20)14-24-22/h4,9-15,17H,3,5-8,23H2,1-2H3,(H,24,26)/b21-4+,25-13-. The topological polar surface area (TPSA) is 63.3 Å². The van der Waals surface area contributed by atoms with E-state index in [1.807, 2.05) is 12.3 Å². The van der Waals surface area contributed by atoms with Gasteiger partial charge in [-0.2, -0.15) is 5.10 Å². The third kappa shape index (κ3) is 4.13. The van der Waals surface area contributed by atoms with Crippen LogP contribution in [0.2, 0.25) is 0 Å². The summed E-state index contributed by atoms with van der Waals surface area (Å²) >= 11 is 0. The van der Waals surface area contributed by atoms with E-state index in [0.29, 0.717) is 5.92 Å². The van der Waals surface area contributed by atoms with Gasteiger partial charge in [0.05, 0.1) is 6.21 Å². The Morgan fingerprint density at radius 1 is 1.23 bits per heavy atom. The maximum atomic E-state index is 5.24. The predicted octanol–water partition coefficient (Wildman–Crippen LogP) is 5.33. The van der Waals surface area contributed by atoms with Crippen LogP contribution in [0.3, 0.4) is 0 Å². The minimum atomic E-state index is 0.612. The van der Waals surface area contributed by atoms with Gasteiger partial charge in [-0.25, -0.2) is 4.98 Å². The molecular weight excluding hydrogens is 320 g/mol. The minimum absolute atomic E-state index is 0.612. The smallest absolute Gasteiger partial charge is 0.130 e. The Labute approximate surface area is 155 Å². The quantitative estimate of drug-likeness (QED) is 0.436. The summed E-state index contributed by atoms with van der Waals surface area (Å²) in [6.45, 7) is 8.46. The highest BCUT2D eigenvalue weighted by molar-refractivity contribution is 6.09. The van der Waals surface area contributed by atoms with Crippen molar-refractivity contribution in [1.82, 2.24) is 4.98 Å². The summed E-state index contributed by atoms with van der Waals surface area (Å²) in [7, 11) is 0. The Morgan fingerprint density at radius 2 is 2.00 bits per heavy atom. The molecule has 0 bridgehead atoms. The van der Waals surface area contributed by atoms with E-state index in [-0.39, 0.29) is 0 Å².